The summed E-state index contributed by atoms with van der Waals surface area (Å²) in [5.41, 5.74) is 0.925. The Kier molecular flexibility index (Phi) is 5.35. The summed E-state index contributed by atoms with van der Waals surface area (Å²) in [7, 11) is -3.36. The van der Waals surface area contributed by atoms with E-state index in [0.717, 1.165) is 6.26 Å². The number of carbonyl (C=O) groups excluding carboxylic acids is 1. The maximum atomic E-state index is 13.6. The zero-order valence-electron chi connectivity index (χ0n) is 15.9. The molecule has 7 nitrogen and oxygen atoms in total. The van der Waals surface area contributed by atoms with Crippen molar-refractivity contribution in [2.45, 2.75) is 11.4 Å². The molecule has 30 heavy (non-hydrogen) atoms. The Morgan fingerprint density at radius 2 is 1.97 bits per heavy atom. The molecule has 0 unspecified atom stereocenters. The first-order valence-electron chi connectivity index (χ1n) is 8.97. The van der Waals surface area contributed by atoms with Gasteiger partial charge in [-0.05, 0) is 48.5 Å². The second-order valence-electron chi connectivity index (χ2n) is 6.63. The number of carbonyl (C=O) groups is 1. The zero-order valence-corrected chi connectivity index (χ0v) is 17.5. The molecule has 0 aliphatic rings. The Bertz CT molecular complexity index is 1300. The first kappa shape index (κ1) is 20.2. The Morgan fingerprint density at radius 1 is 1.20 bits per heavy atom. The lowest BCUT2D eigenvalue weighted by molar-refractivity contribution is 0.0985. The Hall–Kier alpha value is -3.11. The molecule has 0 atom stereocenters. The number of amides is 1. The van der Waals surface area contributed by atoms with Crippen molar-refractivity contribution < 1.29 is 17.6 Å². The highest BCUT2D eigenvalue weighted by atomic mass is 32.2. The molecule has 0 spiro atoms. The van der Waals surface area contributed by atoms with Gasteiger partial charge in [0, 0.05) is 30.8 Å². The number of aromatic nitrogens is 3. The van der Waals surface area contributed by atoms with E-state index in [2.05, 4.69) is 10.1 Å². The van der Waals surface area contributed by atoms with Crippen LogP contribution in [0.15, 0.2) is 65.8 Å². The third-order valence-electron chi connectivity index (χ3n) is 4.46. The third-order valence-corrected chi connectivity index (χ3v) is 6.63. The fourth-order valence-corrected chi connectivity index (χ4v) is 4.57. The summed E-state index contributed by atoms with van der Waals surface area (Å²) in [6.07, 6.45) is 4.55. The van der Waals surface area contributed by atoms with Gasteiger partial charge in [0.25, 0.3) is 5.91 Å². The van der Waals surface area contributed by atoms with Gasteiger partial charge in [-0.15, -0.1) is 0 Å². The van der Waals surface area contributed by atoms with E-state index in [9.17, 15) is 17.6 Å². The first-order chi connectivity index (χ1) is 14.3. The van der Waals surface area contributed by atoms with Gasteiger partial charge in [0.05, 0.1) is 21.7 Å². The minimum absolute atomic E-state index is 0.137. The van der Waals surface area contributed by atoms with Crippen LogP contribution in [0.3, 0.4) is 0 Å². The van der Waals surface area contributed by atoms with Crippen LogP contribution < -0.4 is 4.90 Å². The van der Waals surface area contributed by atoms with E-state index in [4.69, 9.17) is 0 Å². The lowest BCUT2D eigenvalue weighted by Gasteiger charge is -2.20. The number of sulfone groups is 1. The molecule has 4 rings (SSSR count). The van der Waals surface area contributed by atoms with Crippen molar-refractivity contribution in [2.24, 2.45) is 0 Å². The van der Waals surface area contributed by atoms with Crippen molar-refractivity contribution in [3.05, 3.63) is 72.3 Å². The van der Waals surface area contributed by atoms with Gasteiger partial charge in [-0.3, -0.25) is 14.4 Å². The summed E-state index contributed by atoms with van der Waals surface area (Å²) in [6.45, 7) is 0.723. The zero-order chi connectivity index (χ0) is 21.3. The second-order valence-corrected chi connectivity index (χ2v) is 9.66. The summed E-state index contributed by atoms with van der Waals surface area (Å²) >= 11 is 1.22. The Morgan fingerprint density at radius 3 is 2.63 bits per heavy atom. The van der Waals surface area contributed by atoms with Gasteiger partial charge in [-0.2, -0.15) is 5.10 Å². The highest BCUT2D eigenvalue weighted by molar-refractivity contribution is 7.90. The molecule has 0 saturated carbocycles. The Balaban J connectivity index is 1.69. The molecule has 0 bridgehead atoms. The second kappa shape index (κ2) is 7.96. The molecule has 2 heterocycles. The van der Waals surface area contributed by atoms with Crippen molar-refractivity contribution in [3.8, 4) is 0 Å². The van der Waals surface area contributed by atoms with E-state index in [0.29, 0.717) is 27.5 Å². The van der Waals surface area contributed by atoms with Gasteiger partial charge in [0.15, 0.2) is 15.0 Å². The summed E-state index contributed by atoms with van der Waals surface area (Å²) in [5, 5.41) is 4.58. The lowest BCUT2D eigenvalue weighted by Crippen LogP contribution is -2.34. The number of halogens is 1. The SMILES string of the molecule is CS(=O)(=O)c1ccc(C(=O)N(CCn2cccn2)c2nc3ccc(F)cc3s2)cc1. The molecule has 0 saturated heterocycles. The summed E-state index contributed by atoms with van der Waals surface area (Å²) in [5.74, 6) is -0.704. The fourth-order valence-electron chi connectivity index (χ4n) is 2.92. The van der Waals surface area contributed by atoms with Crippen LogP contribution in [0.25, 0.3) is 10.2 Å². The number of nitrogens with zero attached hydrogens (tertiary/aromatic N) is 4. The molecule has 0 radical (unpaired) electrons. The smallest absolute Gasteiger partial charge is 0.260 e. The summed E-state index contributed by atoms with van der Waals surface area (Å²) in [6, 6.07) is 11.8. The van der Waals surface area contributed by atoms with Crippen molar-refractivity contribution in [1.82, 2.24) is 14.8 Å². The molecule has 0 fully saturated rings. The van der Waals surface area contributed by atoms with Crippen LogP contribution in [0.1, 0.15) is 10.4 Å². The van der Waals surface area contributed by atoms with Crippen LogP contribution in [0.2, 0.25) is 0 Å². The van der Waals surface area contributed by atoms with E-state index in [1.54, 1.807) is 29.2 Å². The normalized spacial score (nSPS) is 11.7. The standard InChI is InChI=1S/C20H17FN4O3S2/c1-30(27,28)16-6-3-14(4-7-16)19(26)25(12-11-24-10-2-9-22-24)20-23-17-8-5-15(21)13-18(17)29-20/h2-10,13H,11-12H2,1H3. The number of benzene rings is 2. The number of hydrogen-bond acceptors (Lipinski definition) is 6. The van der Waals surface area contributed by atoms with Crippen molar-refractivity contribution in [3.63, 3.8) is 0 Å². The monoisotopic (exact) mass is 444 g/mol. The molecule has 2 aromatic heterocycles. The van der Waals surface area contributed by atoms with Gasteiger partial charge in [0.2, 0.25) is 0 Å². The van der Waals surface area contributed by atoms with Crippen LogP contribution in [0.4, 0.5) is 9.52 Å². The van der Waals surface area contributed by atoms with E-state index in [-0.39, 0.29) is 23.2 Å². The summed E-state index contributed by atoms with van der Waals surface area (Å²) in [4.78, 5) is 19.4. The van der Waals surface area contributed by atoms with Gasteiger partial charge >= 0.3 is 0 Å². The fraction of sp³-hybridized carbons (Fsp3) is 0.150. The van der Waals surface area contributed by atoms with Crippen molar-refractivity contribution >= 4 is 42.4 Å². The molecular weight excluding hydrogens is 427 g/mol. The Labute approximate surface area is 176 Å². The molecule has 10 heteroatoms. The predicted octanol–water partition coefficient (Wildman–Crippen LogP) is 3.38. The van der Waals surface area contributed by atoms with Crippen molar-refractivity contribution in [1.29, 1.82) is 0 Å². The van der Waals surface area contributed by atoms with E-state index >= 15 is 0 Å². The van der Waals surface area contributed by atoms with Crippen LogP contribution in [0, 0.1) is 5.82 Å². The number of anilines is 1. The molecule has 154 valence electrons. The van der Waals surface area contributed by atoms with Gasteiger partial charge in [-0.1, -0.05) is 11.3 Å². The third kappa shape index (κ3) is 4.24. The number of thiazole rings is 1. The molecule has 4 aromatic rings. The first-order valence-corrected chi connectivity index (χ1v) is 11.7. The maximum Gasteiger partial charge on any atom is 0.260 e. The highest BCUT2D eigenvalue weighted by Crippen LogP contribution is 2.30. The average molecular weight is 445 g/mol. The lowest BCUT2D eigenvalue weighted by atomic mass is 10.2. The van der Waals surface area contributed by atoms with Crippen molar-refractivity contribution in [2.75, 3.05) is 17.7 Å². The predicted molar refractivity (Wildman–Crippen MR) is 113 cm³/mol. The van der Waals surface area contributed by atoms with E-state index in [1.807, 2.05) is 0 Å². The van der Waals surface area contributed by atoms with Gasteiger partial charge in [-0.25, -0.2) is 17.8 Å². The number of rotatable bonds is 6. The number of hydrogen-bond donors (Lipinski definition) is 0. The quantitative estimate of drug-likeness (QED) is 0.455. The topological polar surface area (TPSA) is 85.2 Å². The van der Waals surface area contributed by atoms with Gasteiger partial charge < -0.3 is 0 Å². The van der Waals surface area contributed by atoms with E-state index < -0.39 is 9.84 Å². The summed E-state index contributed by atoms with van der Waals surface area (Å²) < 4.78 is 39.3. The number of fused-ring (bicyclic) bond motifs is 1. The van der Waals surface area contributed by atoms with Crippen LogP contribution in [-0.2, 0) is 16.4 Å². The minimum Gasteiger partial charge on any atom is -0.282 e. The molecule has 1 amide bonds. The van der Waals surface area contributed by atoms with Crippen LogP contribution >= 0.6 is 11.3 Å². The molecule has 2 aromatic carbocycles. The average Bonchev–Trinajstić information content (AvgIpc) is 3.37. The minimum atomic E-state index is -3.36. The van der Waals surface area contributed by atoms with Crippen LogP contribution in [0.5, 0.6) is 0 Å². The maximum absolute atomic E-state index is 13.6. The molecule has 0 N–H and O–H groups in total. The molecule has 0 aliphatic heterocycles. The molecular formula is C20H17FN4O3S2. The largest absolute Gasteiger partial charge is 0.282 e. The highest BCUT2D eigenvalue weighted by Gasteiger charge is 2.22. The van der Waals surface area contributed by atoms with E-state index in [1.165, 1.54) is 52.6 Å². The molecule has 0 aliphatic carbocycles. The van der Waals surface area contributed by atoms with Gasteiger partial charge in [0.1, 0.15) is 5.82 Å². The van der Waals surface area contributed by atoms with Crippen LogP contribution in [-0.4, -0.2) is 41.9 Å².